The van der Waals surface area contributed by atoms with Crippen molar-refractivity contribution in [1.29, 1.82) is 0 Å². The van der Waals surface area contributed by atoms with Crippen molar-refractivity contribution in [2.75, 3.05) is 26.6 Å². The number of anilines is 1. The van der Waals surface area contributed by atoms with Crippen LogP contribution in [0.25, 0.3) is 0 Å². The molecule has 2 aromatic carbocycles. The number of methoxy groups -OCH3 is 3. The van der Waals surface area contributed by atoms with Crippen LogP contribution >= 0.6 is 0 Å². The van der Waals surface area contributed by atoms with Crippen molar-refractivity contribution >= 4 is 17.3 Å². The number of nitro benzene ring substituents is 1. The van der Waals surface area contributed by atoms with Gasteiger partial charge in [0.15, 0.2) is 11.5 Å². The molecule has 0 spiro atoms. The molecule has 2 rings (SSSR count). The van der Waals surface area contributed by atoms with Gasteiger partial charge in [-0.1, -0.05) is 0 Å². The standard InChI is InChI=1S/C16H16N2O6/c1-22-13-8-11(9-14(23-2)15(13)24-3)17-16(19)10-4-6-12(7-5-10)18(20)21/h4-9H,1-3H3,(H,17,19). The quantitative estimate of drug-likeness (QED) is 0.645. The van der Waals surface area contributed by atoms with Gasteiger partial charge >= 0.3 is 0 Å². The van der Waals surface area contributed by atoms with Gasteiger partial charge in [0.2, 0.25) is 5.75 Å². The first-order chi connectivity index (χ1) is 11.5. The van der Waals surface area contributed by atoms with Crippen LogP contribution in [0.1, 0.15) is 10.4 Å². The number of carbonyl (C=O) groups is 1. The number of benzene rings is 2. The minimum Gasteiger partial charge on any atom is -0.493 e. The van der Waals surface area contributed by atoms with E-state index in [1.165, 1.54) is 45.6 Å². The summed E-state index contributed by atoms with van der Waals surface area (Å²) in [6.07, 6.45) is 0. The zero-order valence-corrected chi connectivity index (χ0v) is 13.4. The fraction of sp³-hybridized carbons (Fsp3) is 0.188. The number of nitrogens with zero attached hydrogens (tertiary/aromatic N) is 1. The molecule has 0 aliphatic heterocycles. The lowest BCUT2D eigenvalue weighted by Crippen LogP contribution is -2.12. The van der Waals surface area contributed by atoms with Gasteiger partial charge in [-0.05, 0) is 12.1 Å². The Bertz CT molecular complexity index is 733. The summed E-state index contributed by atoms with van der Waals surface area (Å²) in [6.45, 7) is 0. The molecule has 0 radical (unpaired) electrons. The number of nitro groups is 1. The average Bonchev–Trinajstić information content (AvgIpc) is 2.60. The number of non-ortho nitro benzene ring substituents is 1. The third kappa shape index (κ3) is 3.54. The van der Waals surface area contributed by atoms with Crippen molar-refractivity contribution in [2.45, 2.75) is 0 Å². The van der Waals surface area contributed by atoms with E-state index in [4.69, 9.17) is 14.2 Å². The predicted octanol–water partition coefficient (Wildman–Crippen LogP) is 2.87. The maximum Gasteiger partial charge on any atom is 0.269 e. The molecule has 0 aliphatic rings. The van der Waals surface area contributed by atoms with Gasteiger partial charge in [-0.15, -0.1) is 0 Å². The first kappa shape index (κ1) is 17.1. The summed E-state index contributed by atoms with van der Waals surface area (Å²) in [5.41, 5.74) is 0.640. The molecule has 8 heteroatoms. The molecule has 0 fully saturated rings. The summed E-state index contributed by atoms with van der Waals surface area (Å²) >= 11 is 0. The smallest absolute Gasteiger partial charge is 0.269 e. The first-order valence-electron chi connectivity index (χ1n) is 6.86. The molecule has 1 N–H and O–H groups in total. The number of rotatable bonds is 6. The molecule has 0 atom stereocenters. The van der Waals surface area contributed by atoms with Gasteiger partial charge in [-0.3, -0.25) is 14.9 Å². The zero-order chi connectivity index (χ0) is 17.7. The van der Waals surface area contributed by atoms with Crippen LogP contribution in [0.4, 0.5) is 11.4 Å². The predicted molar refractivity (Wildman–Crippen MR) is 87.1 cm³/mol. The van der Waals surface area contributed by atoms with E-state index >= 15 is 0 Å². The lowest BCUT2D eigenvalue weighted by atomic mass is 10.2. The Kier molecular flexibility index (Phi) is 5.20. The third-order valence-electron chi connectivity index (χ3n) is 3.26. The number of amides is 1. The second kappa shape index (κ2) is 7.32. The third-order valence-corrected chi connectivity index (χ3v) is 3.26. The van der Waals surface area contributed by atoms with E-state index in [9.17, 15) is 14.9 Å². The van der Waals surface area contributed by atoms with Crippen LogP contribution in [0.3, 0.4) is 0 Å². The van der Waals surface area contributed by atoms with E-state index in [0.717, 1.165) is 0 Å². The summed E-state index contributed by atoms with van der Waals surface area (Å²) < 4.78 is 15.6. The largest absolute Gasteiger partial charge is 0.493 e. The highest BCUT2D eigenvalue weighted by atomic mass is 16.6. The highest BCUT2D eigenvalue weighted by molar-refractivity contribution is 6.04. The van der Waals surface area contributed by atoms with Crippen molar-refractivity contribution < 1.29 is 23.9 Å². The monoisotopic (exact) mass is 332 g/mol. The molecular formula is C16H16N2O6. The number of carbonyl (C=O) groups excluding carboxylic acids is 1. The molecule has 0 saturated carbocycles. The second-order valence-electron chi connectivity index (χ2n) is 4.67. The summed E-state index contributed by atoms with van der Waals surface area (Å²) in [6, 6.07) is 8.47. The number of ether oxygens (including phenoxy) is 3. The van der Waals surface area contributed by atoms with Crippen molar-refractivity contribution in [3.05, 3.63) is 52.1 Å². The van der Waals surface area contributed by atoms with Crippen molar-refractivity contribution in [1.82, 2.24) is 0 Å². The Hall–Kier alpha value is -3.29. The molecule has 0 unspecified atom stereocenters. The van der Waals surface area contributed by atoms with Crippen LogP contribution in [0.2, 0.25) is 0 Å². The van der Waals surface area contributed by atoms with Crippen LogP contribution in [0, 0.1) is 10.1 Å². The fourth-order valence-corrected chi connectivity index (χ4v) is 2.09. The Morgan fingerprint density at radius 1 is 1.00 bits per heavy atom. The molecule has 1 amide bonds. The van der Waals surface area contributed by atoms with Gasteiger partial charge in [0.1, 0.15) is 0 Å². The Balaban J connectivity index is 2.26. The highest BCUT2D eigenvalue weighted by Gasteiger charge is 2.15. The molecule has 2 aromatic rings. The van der Waals surface area contributed by atoms with Gasteiger partial charge in [0.25, 0.3) is 11.6 Å². The number of nitrogens with one attached hydrogen (secondary N) is 1. The Labute approximate surface area is 138 Å². The van der Waals surface area contributed by atoms with Crippen LogP contribution in [-0.2, 0) is 0 Å². The van der Waals surface area contributed by atoms with Crippen LogP contribution in [0.15, 0.2) is 36.4 Å². The van der Waals surface area contributed by atoms with E-state index in [2.05, 4.69) is 5.32 Å². The minimum atomic E-state index is -0.527. The van der Waals surface area contributed by atoms with Crippen molar-refractivity contribution in [2.24, 2.45) is 0 Å². The lowest BCUT2D eigenvalue weighted by molar-refractivity contribution is -0.384. The normalized spacial score (nSPS) is 9.96. The summed E-state index contributed by atoms with van der Waals surface area (Å²) in [5, 5.41) is 13.3. The van der Waals surface area contributed by atoms with Crippen molar-refractivity contribution in [3.63, 3.8) is 0 Å². The molecule has 0 aromatic heterocycles. The summed E-state index contributed by atoms with van der Waals surface area (Å²) in [4.78, 5) is 22.4. The highest BCUT2D eigenvalue weighted by Crippen LogP contribution is 2.40. The van der Waals surface area contributed by atoms with Crippen LogP contribution in [-0.4, -0.2) is 32.2 Å². The maximum atomic E-state index is 12.3. The minimum absolute atomic E-state index is 0.0839. The van der Waals surface area contributed by atoms with Gasteiger partial charge in [0, 0.05) is 35.5 Å². The molecule has 0 heterocycles. The van der Waals surface area contributed by atoms with Gasteiger partial charge in [-0.2, -0.15) is 0 Å². The average molecular weight is 332 g/mol. The van der Waals surface area contributed by atoms with Crippen molar-refractivity contribution in [3.8, 4) is 17.2 Å². The summed E-state index contributed by atoms with van der Waals surface area (Å²) in [7, 11) is 4.42. The van der Waals surface area contributed by atoms with Crippen LogP contribution in [0.5, 0.6) is 17.2 Å². The lowest BCUT2D eigenvalue weighted by Gasteiger charge is -2.14. The van der Waals surface area contributed by atoms with Gasteiger partial charge < -0.3 is 19.5 Å². The molecule has 8 nitrogen and oxygen atoms in total. The molecule has 24 heavy (non-hydrogen) atoms. The molecule has 0 saturated heterocycles. The molecule has 0 bridgehead atoms. The van der Waals surface area contributed by atoms with Crippen LogP contribution < -0.4 is 19.5 Å². The molecule has 0 aliphatic carbocycles. The number of hydrogen-bond acceptors (Lipinski definition) is 6. The second-order valence-corrected chi connectivity index (χ2v) is 4.67. The summed E-state index contributed by atoms with van der Waals surface area (Å²) in [5.74, 6) is 0.791. The molecule has 126 valence electrons. The van der Waals surface area contributed by atoms with E-state index < -0.39 is 10.8 Å². The topological polar surface area (TPSA) is 99.9 Å². The molecular weight excluding hydrogens is 316 g/mol. The number of hydrogen-bond donors (Lipinski definition) is 1. The van der Waals surface area contributed by atoms with Gasteiger partial charge in [-0.25, -0.2) is 0 Å². The zero-order valence-electron chi connectivity index (χ0n) is 13.4. The van der Waals surface area contributed by atoms with E-state index in [-0.39, 0.29) is 11.3 Å². The van der Waals surface area contributed by atoms with E-state index in [1.807, 2.05) is 0 Å². The van der Waals surface area contributed by atoms with E-state index in [1.54, 1.807) is 12.1 Å². The maximum absolute atomic E-state index is 12.3. The SMILES string of the molecule is COc1cc(NC(=O)c2ccc([N+](=O)[O-])cc2)cc(OC)c1OC. The first-order valence-corrected chi connectivity index (χ1v) is 6.86. The fourth-order valence-electron chi connectivity index (χ4n) is 2.09. The van der Waals surface area contributed by atoms with Gasteiger partial charge in [0.05, 0.1) is 26.3 Å². The Morgan fingerprint density at radius 2 is 1.54 bits per heavy atom. The van der Waals surface area contributed by atoms with E-state index in [0.29, 0.717) is 22.9 Å². The Morgan fingerprint density at radius 3 is 1.96 bits per heavy atom.